The van der Waals surface area contributed by atoms with Gasteiger partial charge in [0.25, 0.3) is 0 Å². The zero-order valence-corrected chi connectivity index (χ0v) is 11.7. The molecule has 0 fully saturated rings. The van der Waals surface area contributed by atoms with E-state index in [9.17, 15) is 0 Å². The Morgan fingerprint density at radius 2 is 1.07 bits per heavy atom. The van der Waals surface area contributed by atoms with E-state index in [0.29, 0.717) is 0 Å². The first-order valence-corrected chi connectivity index (χ1v) is 12.1. The van der Waals surface area contributed by atoms with Crippen molar-refractivity contribution in [3.63, 3.8) is 0 Å². The van der Waals surface area contributed by atoms with Crippen LogP contribution in [0.5, 0.6) is 0 Å². The fourth-order valence-corrected chi connectivity index (χ4v) is 7.10. The maximum atomic E-state index is 5.71. The van der Waals surface area contributed by atoms with Crippen molar-refractivity contribution in [3.8, 4) is 0 Å². The van der Waals surface area contributed by atoms with Gasteiger partial charge in [0.05, 0.1) is 0 Å². The molecule has 0 aromatic heterocycles. The molecule has 0 bridgehead atoms. The summed E-state index contributed by atoms with van der Waals surface area (Å²) in [5.41, 5.74) is 0. The summed E-state index contributed by atoms with van der Waals surface area (Å²) in [5.74, 6) is 0. The van der Waals surface area contributed by atoms with Crippen LogP contribution < -0.4 is 8.70 Å². The van der Waals surface area contributed by atoms with Gasteiger partial charge in [0.1, 0.15) is 0 Å². The molecule has 76 valence electrons. The van der Waals surface area contributed by atoms with Gasteiger partial charge < -0.3 is 0 Å². The van der Waals surface area contributed by atoms with Gasteiger partial charge in [-0.15, -0.1) is 0 Å². The molecule has 0 N–H and O–H groups in total. The average Bonchev–Trinajstić information content (AvgIpc) is 2.31. The van der Waals surface area contributed by atoms with Crippen LogP contribution in [-0.4, -0.2) is 10.7 Å². The molecule has 3 heteroatoms. The van der Waals surface area contributed by atoms with Crippen LogP contribution in [0.1, 0.15) is 0 Å². The molecule has 0 aliphatic carbocycles. The molecule has 0 aliphatic rings. The molecular formula is C12H11AsS2. The average molecular weight is 294 g/mol. The molecule has 0 unspecified atom stereocenters. The van der Waals surface area contributed by atoms with Crippen molar-refractivity contribution in [2.45, 2.75) is 0 Å². The summed E-state index contributed by atoms with van der Waals surface area (Å²) in [6.45, 7) is 0. The van der Waals surface area contributed by atoms with Crippen LogP contribution in [0.3, 0.4) is 0 Å². The van der Waals surface area contributed by atoms with Gasteiger partial charge in [0.2, 0.25) is 0 Å². The van der Waals surface area contributed by atoms with Gasteiger partial charge in [-0.1, -0.05) is 0 Å². The minimum absolute atomic E-state index is 1.21. The van der Waals surface area contributed by atoms with Crippen LogP contribution in [0.2, 0.25) is 0 Å². The Kier molecular flexibility index (Phi) is 3.40. The summed E-state index contributed by atoms with van der Waals surface area (Å²) in [5, 5.41) is 0. The molecule has 0 spiro atoms. The summed E-state index contributed by atoms with van der Waals surface area (Å²) >= 11 is 0. The Morgan fingerprint density at radius 1 is 0.733 bits per heavy atom. The summed E-state index contributed by atoms with van der Waals surface area (Å²) in [4.78, 5) is 0. The summed E-state index contributed by atoms with van der Waals surface area (Å²) in [7, 11) is 7.92. The minimum atomic E-state index is -2.54. The summed E-state index contributed by atoms with van der Waals surface area (Å²) < 4.78 is 2.42. The molecule has 2 aromatic rings. The second kappa shape index (κ2) is 4.61. The fraction of sp³-hybridized carbons (Fsp3) is 0. The van der Waals surface area contributed by atoms with Gasteiger partial charge in [-0.25, -0.2) is 0 Å². The number of benzene rings is 2. The molecule has 2 rings (SSSR count). The zero-order valence-electron chi connectivity index (χ0n) is 8.08. The van der Waals surface area contributed by atoms with Gasteiger partial charge >= 0.3 is 101 Å². The number of hydrogen-bond acceptors (Lipinski definition) is 1. The van der Waals surface area contributed by atoms with E-state index < -0.39 is 10.7 Å². The van der Waals surface area contributed by atoms with Gasteiger partial charge in [-0.2, -0.15) is 0 Å². The standard InChI is InChI=1S/C12H11AsS2/c14-13(15,11-7-3-1-4-8-11)12-9-5-2-6-10-12/h1-10H,(H,14,15). The quantitative estimate of drug-likeness (QED) is 0.655. The topological polar surface area (TPSA) is 0 Å². The van der Waals surface area contributed by atoms with E-state index in [1.54, 1.807) is 0 Å². The maximum absolute atomic E-state index is 5.71. The van der Waals surface area contributed by atoms with Gasteiger partial charge in [0.15, 0.2) is 0 Å². The second-order valence-electron chi connectivity index (χ2n) is 3.25. The van der Waals surface area contributed by atoms with Crippen molar-refractivity contribution in [1.29, 1.82) is 0 Å². The summed E-state index contributed by atoms with van der Waals surface area (Å²) in [6, 6.07) is 20.4. The van der Waals surface area contributed by atoms with Crippen LogP contribution in [-0.2, 0) is 0 Å². The van der Waals surface area contributed by atoms with Crippen LogP contribution in [0.15, 0.2) is 60.7 Å². The molecule has 0 saturated carbocycles. The summed E-state index contributed by atoms with van der Waals surface area (Å²) in [6.07, 6.45) is 0. The Hall–Kier alpha value is -0.432. The van der Waals surface area contributed by atoms with Gasteiger partial charge in [-0.3, -0.25) is 0 Å². The van der Waals surface area contributed by atoms with E-state index >= 15 is 0 Å². The normalized spacial score (nSPS) is 11.3. The van der Waals surface area contributed by atoms with E-state index in [4.69, 9.17) is 21.3 Å². The molecule has 0 amide bonds. The first kappa shape index (κ1) is 11.1. The van der Waals surface area contributed by atoms with Crippen molar-refractivity contribution >= 4 is 40.7 Å². The van der Waals surface area contributed by atoms with Gasteiger partial charge in [-0.05, 0) is 0 Å². The first-order chi connectivity index (χ1) is 7.21. The SMILES string of the molecule is S=[As](S)(c1ccccc1)c1ccccc1. The van der Waals surface area contributed by atoms with E-state index in [0.717, 1.165) is 0 Å². The Labute approximate surface area is 101 Å². The van der Waals surface area contributed by atoms with E-state index in [1.165, 1.54) is 8.70 Å². The molecular weight excluding hydrogens is 283 g/mol. The Bertz CT molecular complexity index is 436. The van der Waals surface area contributed by atoms with Crippen molar-refractivity contribution in [1.82, 2.24) is 0 Å². The third-order valence-corrected chi connectivity index (χ3v) is 11.0. The molecule has 15 heavy (non-hydrogen) atoms. The van der Waals surface area contributed by atoms with E-state index in [1.807, 2.05) is 36.4 Å². The third-order valence-electron chi connectivity index (χ3n) is 2.21. The molecule has 0 saturated heterocycles. The van der Waals surface area contributed by atoms with E-state index in [2.05, 4.69) is 24.3 Å². The van der Waals surface area contributed by atoms with Crippen molar-refractivity contribution < 1.29 is 0 Å². The Morgan fingerprint density at radius 3 is 1.40 bits per heavy atom. The van der Waals surface area contributed by atoms with Crippen molar-refractivity contribution in [2.24, 2.45) is 0 Å². The molecule has 2 aromatic carbocycles. The monoisotopic (exact) mass is 294 g/mol. The third kappa shape index (κ3) is 2.39. The van der Waals surface area contributed by atoms with Crippen LogP contribution in [0.4, 0.5) is 0 Å². The molecule has 0 atom stereocenters. The van der Waals surface area contributed by atoms with Gasteiger partial charge in [0, 0.05) is 0 Å². The fourth-order valence-electron chi connectivity index (χ4n) is 1.41. The van der Waals surface area contributed by atoms with E-state index in [-0.39, 0.29) is 0 Å². The zero-order chi connectivity index (χ0) is 10.7. The predicted octanol–water partition coefficient (Wildman–Crippen LogP) is 2.37. The molecule has 0 nitrogen and oxygen atoms in total. The first-order valence-electron chi connectivity index (χ1n) is 4.65. The molecule has 0 aliphatic heterocycles. The van der Waals surface area contributed by atoms with Crippen molar-refractivity contribution in [3.05, 3.63) is 60.7 Å². The van der Waals surface area contributed by atoms with Crippen LogP contribution in [0, 0.1) is 0 Å². The van der Waals surface area contributed by atoms with Crippen molar-refractivity contribution in [2.75, 3.05) is 0 Å². The molecule has 0 radical (unpaired) electrons. The van der Waals surface area contributed by atoms with Crippen LogP contribution >= 0.6 is 21.3 Å². The predicted molar refractivity (Wildman–Crippen MR) is 74.5 cm³/mol. The Balaban J connectivity index is 2.50. The molecule has 0 heterocycles. The number of hydrogen-bond donors (Lipinski definition) is 1. The second-order valence-corrected chi connectivity index (χ2v) is 15.2. The number of thiol groups is 1. The van der Waals surface area contributed by atoms with Crippen LogP contribution in [0.25, 0.3) is 0 Å². The number of rotatable bonds is 2.